The van der Waals surface area contributed by atoms with E-state index >= 15 is 0 Å². The third-order valence-corrected chi connectivity index (χ3v) is 5.07. The van der Waals surface area contributed by atoms with Gasteiger partial charge in [-0.25, -0.2) is 0 Å². The number of hydrogen-bond acceptors (Lipinski definition) is 1. The highest BCUT2D eigenvalue weighted by atomic mass is 35.5. The highest BCUT2D eigenvalue weighted by Crippen LogP contribution is 2.37. The lowest BCUT2D eigenvalue weighted by Crippen LogP contribution is -2.18. The molecule has 1 N–H and O–H groups in total. The molecule has 1 nitrogen and oxygen atoms in total. The molecule has 0 radical (unpaired) electrons. The Morgan fingerprint density at radius 2 is 1.71 bits per heavy atom. The highest BCUT2D eigenvalue weighted by molar-refractivity contribution is 6.31. The van der Waals surface area contributed by atoms with Gasteiger partial charge in [0.1, 0.15) is 0 Å². The lowest BCUT2D eigenvalue weighted by Gasteiger charge is -2.26. The van der Waals surface area contributed by atoms with Gasteiger partial charge in [0.2, 0.25) is 0 Å². The molecule has 110 valence electrons. The molecule has 1 aliphatic carbocycles. The summed E-state index contributed by atoms with van der Waals surface area (Å²) in [6.07, 6.45) is 4.09. The highest BCUT2D eigenvalue weighted by Gasteiger charge is 2.20. The smallest absolute Gasteiger partial charge is 0.0574 e. The minimum atomic E-state index is 0.219. The first-order chi connectivity index (χ1) is 10.2. The van der Waals surface area contributed by atoms with Crippen molar-refractivity contribution < 1.29 is 0 Å². The van der Waals surface area contributed by atoms with Crippen LogP contribution in [0.5, 0.6) is 0 Å². The molecule has 3 rings (SSSR count). The van der Waals surface area contributed by atoms with E-state index in [4.69, 9.17) is 11.6 Å². The lowest BCUT2D eigenvalue weighted by molar-refractivity contribution is 0.419. The van der Waals surface area contributed by atoms with E-state index in [9.17, 15) is 0 Å². The number of hydrogen-bond donors (Lipinski definition) is 1. The average molecular weight is 300 g/mol. The standard InChI is InChI=1S/C19H22ClN/c1-13-12-17(10-11-18(13)20)19(21-2)16-8-6-15(7-9-16)14-4-3-5-14/h6-12,14,19,21H,3-5H2,1-2H3. The fraction of sp³-hybridized carbons (Fsp3) is 0.368. The molecule has 0 amide bonds. The molecule has 0 spiro atoms. The Kier molecular flexibility index (Phi) is 4.32. The molecule has 2 heteroatoms. The van der Waals surface area contributed by atoms with Crippen LogP contribution in [-0.4, -0.2) is 7.05 Å². The van der Waals surface area contributed by atoms with E-state index in [2.05, 4.69) is 48.6 Å². The third-order valence-electron chi connectivity index (χ3n) is 4.65. The SMILES string of the molecule is CNC(c1ccc(C2CCC2)cc1)c1ccc(Cl)c(C)c1. The maximum Gasteiger partial charge on any atom is 0.0574 e. The van der Waals surface area contributed by atoms with Crippen LogP contribution < -0.4 is 5.32 Å². The van der Waals surface area contributed by atoms with Crippen LogP contribution in [0.1, 0.15) is 53.5 Å². The molecule has 1 atom stereocenters. The summed E-state index contributed by atoms with van der Waals surface area (Å²) in [6, 6.07) is 15.6. The van der Waals surface area contributed by atoms with Gasteiger partial charge in [-0.15, -0.1) is 0 Å². The molecule has 0 aromatic heterocycles. The van der Waals surface area contributed by atoms with Gasteiger partial charge in [0.15, 0.2) is 0 Å². The normalized spacial score (nSPS) is 16.5. The minimum Gasteiger partial charge on any atom is -0.309 e. The van der Waals surface area contributed by atoms with Gasteiger partial charge in [-0.3, -0.25) is 0 Å². The minimum absolute atomic E-state index is 0.219. The molecule has 2 aromatic rings. The Morgan fingerprint density at radius 3 is 2.24 bits per heavy atom. The Balaban J connectivity index is 1.86. The fourth-order valence-electron chi connectivity index (χ4n) is 3.08. The first-order valence-electron chi connectivity index (χ1n) is 7.72. The van der Waals surface area contributed by atoms with Gasteiger partial charge in [0.25, 0.3) is 0 Å². The second-order valence-corrected chi connectivity index (χ2v) is 6.43. The van der Waals surface area contributed by atoms with E-state index in [0.717, 1.165) is 16.5 Å². The van der Waals surface area contributed by atoms with E-state index < -0.39 is 0 Å². The van der Waals surface area contributed by atoms with E-state index in [1.807, 2.05) is 13.1 Å². The first kappa shape index (κ1) is 14.6. The van der Waals surface area contributed by atoms with Crippen LogP contribution in [0, 0.1) is 6.92 Å². The Morgan fingerprint density at radius 1 is 1.05 bits per heavy atom. The first-order valence-corrected chi connectivity index (χ1v) is 8.10. The van der Waals surface area contributed by atoms with Crippen molar-refractivity contribution in [2.24, 2.45) is 0 Å². The largest absolute Gasteiger partial charge is 0.309 e. The molecular formula is C19H22ClN. The number of halogens is 1. The second-order valence-electron chi connectivity index (χ2n) is 6.02. The molecule has 1 aliphatic rings. The van der Waals surface area contributed by atoms with Gasteiger partial charge in [0, 0.05) is 5.02 Å². The Hall–Kier alpha value is -1.31. The van der Waals surface area contributed by atoms with Crippen LogP contribution in [0.15, 0.2) is 42.5 Å². The molecule has 0 aliphatic heterocycles. The fourth-order valence-corrected chi connectivity index (χ4v) is 3.19. The molecule has 2 aromatic carbocycles. The summed E-state index contributed by atoms with van der Waals surface area (Å²) in [5, 5.41) is 4.24. The van der Waals surface area contributed by atoms with E-state index in [0.29, 0.717) is 0 Å². The molecule has 0 bridgehead atoms. The van der Waals surface area contributed by atoms with Crippen LogP contribution in [0.2, 0.25) is 5.02 Å². The van der Waals surface area contributed by atoms with Crippen LogP contribution >= 0.6 is 11.6 Å². The van der Waals surface area contributed by atoms with Crippen molar-refractivity contribution >= 4 is 11.6 Å². The number of nitrogens with one attached hydrogen (secondary N) is 1. The van der Waals surface area contributed by atoms with Crippen LogP contribution in [0.3, 0.4) is 0 Å². The summed E-state index contributed by atoms with van der Waals surface area (Å²) in [6.45, 7) is 2.05. The molecule has 1 fully saturated rings. The predicted molar refractivity (Wildman–Crippen MR) is 90.1 cm³/mol. The van der Waals surface area contributed by atoms with Crippen molar-refractivity contribution in [1.29, 1.82) is 0 Å². The predicted octanol–water partition coefficient (Wildman–Crippen LogP) is 5.22. The van der Waals surface area contributed by atoms with E-state index in [-0.39, 0.29) is 6.04 Å². The maximum absolute atomic E-state index is 6.13. The molecule has 1 unspecified atom stereocenters. The second kappa shape index (κ2) is 6.21. The summed E-state index contributed by atoms with van der Waals surface area (Å²) in [7, 11) is 2.01. The molecule has 21 heavy (non-hydrogen) atoms. The van der Waals surface area contributed by atoms with Crippen LogP contribution in [0.25, 0.3) is 0 Å². The summed E-state index contributed by atoms with van der Waals surface area (Å²) in [5.41, 5.74) is 5.19. The van der Waals surface area contributed by atoms with Crippen LogP contribution in [0.4, 0.5) is 0 Å². The van der Waals surface area contributed by atoms with E-state index in [1.54, 1.807) is 0 Å². The quantitative estimate of drug-likeness (QED) is 0.815. The lowest BCUT2D eigenvalue weighted by atomic mass is 9.79. The maximum atomic E-state index is 6.13. The monoisotopic (exact) mass is 299 g/mol. The molecule has 0 heterocycles. The van der Waals surface area contributed by atoms with Gasteiger partial charge in [-0.05, 0) is 61.1 Å². The van der Waals surface area contributed by atoms with Crippen molar-refractivity contribution in [2.75, 3.05) is 7.05 Å². The number of benzene rings is 2. The zero-order chi connectivity index (χ0) is 14.8. The summed E-state index contributed by atoms with van der Waals surface area (Å²) < 4.78 is 0. The number of aryl methyl sites for hydroxylation is 1. The van der Waals surface area contributed by atoms with Crippen molar-refractivity contribution in [2.45, 2.75) is 38.1 Å². The summed E-state index contributed by atoms with van der Waals surface area (Å²) >= 11 is 6.13. The zero-order valence-electron chi connectivity index (χ0n) is 12.7. The van der Waals surface area contributed by atoms with Crippen molar-refractivity contribution in [1.82, 2.24) is 5.32 Å². The summed E-state index contributed by atoms with van der Waals surface area (Å²) in [4.78, 5) is 0. The zero-order valence-corrected chi connectivity index (χ0v) is 13.5. The van der Waals surface area contributed by atoms with Crippen molar-refractivity contribution in [3.05, 3.63) is 69.7 Å². The number of rotatable bonds is 4. The topological polar surface area (TPSA) is 12.0 Å². The van der Waals surface area contributed by atoms with Gasteiger partial charge in [-0.2, -0.15) is 0 Å². The van der Waals surface area contributed by atoms with Crippen molar-refractivity contribution in [3.63, 3.8) is 0 Å². The van der Waals surface area contributed by atoms with Gasteiger partial charge in [-0.1, -0.05) is 54.4 Å². The average Bonchev–Trinajstić information content (AvgIpc) is 2.43. The molecular weight excluding hydrogens is 278 g/mol. The van der Waals surface area contributed by atoms with Gasteiger partial charge in [0.05, 0.1) is 6.04 Å². The van der Waals surface area contributed by atoms with Gasteiger partial charge < -0.3 is 5.32 Å². The molecule has 1 saturated carbocycles. The van der Waals surface area contributed by atoms with Crippen LogP contribution in [-0.2, 0) is 0 Å². The summed E-state index contributed by atoms with van der Waals surface area (Å²) in [5.74, 6) is 0.796. The van der Waals surface area contributed by atoms with Gasteiger partial charge >= 0.3 is 0 Å². The van der Waals surface area contributed by atoms with E-state index in [1.165, 1.54) is 36.0 Å². The molecule has 0 saturated heterocycles. The Bertz CT molecular complexity index is 614. The van der Waals surface area contributed by atoms with Crippen molar-refractivity contribution in [3.8, 4) is 0 Å². The Labute approximate surface area is 132 Å². The third kappa shape index (κ3) is 3.00.